The van der Waals surface area contributed by atoms with Gasteiger partial charge in [-0.1, -0.05) is 115 Å². The summed E-state index contributed by atoms with van der Waals surface area (Å²) in [6, 6.07) is 30.9. The summed E-state index contributed by atoms with van der Waals surface area (Å²) in [6.45, 7) is 1.03. The molecule has 4 aromatic carbocycles. The van der Waals surface area contributed by atoms with E-state index in [1.165, 1.54) is 12.0 Å². The van der Waals surface area contributed by atoms with Crippen molar-refractivity contribution in [2.45, 2.75) is 74.7 Å². The summed E-state index contributed by atoms with van der Waals surface area (Å²) in [6.07, 6.45) is -0.735. The molecule has 57 heavy (non-hydrogen) atoms. The number of allylic oxidation sites excluding steroid dienone is 1. The lowest BCUT2D eigenvalue weighted by atomic mass is 9.62. The number of hydrogen-bond donors (Lipinski definition) is 5. The number of hydrogen-bond acceptors (Lipinski definition) is 11. The first-order valence-electron chi connectivity index (χ1n) is 19.1. The predicted molar refractivity (Wildman–Crippen MR) is 206 cm³/mol. The van der Waals surface area contributed by atoms with Gasteiger partial charge >= 0.3 is 5.97 Å². The molecule has 296 valence electrons. The molecule has 0 aromatic heterocycles. The number of benzene rings is 4. The number of aliphatic hydroxyl groups excluding tert-OH is 2. The van der Waals surface area contributed by atoms with Crippen LogP contribution in [0.25, 0.3) is 6.08 Å². The number of phenols is 1. The molecule has 13 nitrogen and oxygen atoms in total. The third-order valence-electron chi connectivity index (χ3n) is 11.3. The maximum absolute atomic E-state index is 14.9. The van der Waals surface area contributed by atoms with E-state index in [-0.39, 0.29) is 31.9 Å². The number of aromatic hydroxyl groups is 1. The molecule has 3 saturated heterocycles. The topological polar surface area (TPSA) is 176 Å². The smallest absolute Gasteiger partial charge is 0.327 e. The summed E-state index contributed by atoms with van der Waals surface area (Å²) in [7, 11) is 0. The van der Waals surface area contributed by atoms with Crippen LogP contribution in [-0.2, 0) is 52.2 Å². The molecular formula is C44H45N3O10. The molecule has 13 heteroatoms. The molecular weight excluding hydrogens is 730 g/mol. The molecule has 8 rings (SSSR count). The lowest BCUT2D eigenvalue weighted by molar-refractivity contribution is -0.213. The van der Waals surface area contributed by atoms with Gasteiger partial charge < -0.3 is 40.2 Å². The molecule has 8 atom stereocenters. The zero-order valence-electron chi connectivity index (χ0n) is 31.3. The average molecular weight is 776 g/mol. The highest BCUT2D eigenvalue weighted by molar-refractivity contribution is 5.96. The standard InChI is InChI=1S/C44H45N3O10/c1-27(49)35(40(51)45-22-23-48)46-42(53)43-25-34-36-37(56-44(55-36,31-17-4-2-5-18-31)32-19-6-3-7-20-32)39(43)57-47(38(43)41(52)54-34)26-29-14-10-12-28(24-29)13-11-16-30-15-8-9-21-33(30)50/h2-15,17-21,24,27,34-39,48-50H,16,22-23,25-26H2,1H3,(H,45,51)(H,46,53)/t27-,34+,35+,36-,37-,38-,39+,43-/m0/s1. The first-order valence-corrected chi connectivity index (χ1v) is 19.1. The van der Waals surface area contributed by atoms with E-state index >= 15 is 0 Å². The average Bonchev–Trinajstić information content (AvgIpc) is 3.80. The van der Waals surface area contributed by atoms with Gasteiger partial charge in [-0.05, 0) is 36.1 Å². The molecule has 3 heterocycles. The summed E-state index contributed by atoms with van der Waals surface area (Å²) in [5.41, 5.74) is 2.18. The van der Waals surface area contributed by atoms with Crippen molar-refractivity contribution in [2.24, 2.45) is 5.41 Å². The Morgan fingerprint density at radius 2 is 1.61 bits per heavy atom. The molecule has 0 radical (unpaired) electrons. The number of amides is 2. The first kappa shape index (κ1) is 38.5. The number of carbonyl (C=O) groups excluding carboxylic acids is 3. The Kier molecular flexibility index (Phi) is 10.7. The van der Waals surface area contributed by atoms with Crippen LogP contribution in [0.3, 0.4) is 0 Å². The largest absolute Gasteiger partial charge is 0.508 e. The summed E-state index contributed by atoms with van der Waals surface area (Å²) in [5.74, 6) is -3.31. The number of para-hydroxylation sites is 1. The second-order valence-corrected chi connectivity index (χ2v) is 14.9. The van der Waals surface area contributed by atoms with Crippen LogP contribution in [0.4, 0.5) is 0 Å². The lowest BCUT2D eigenvalue weighted by Crippen LogP contribution is -2.71. The second kappa shape index (κ2) is 15.9. The zero-order valence-corrected chi connectivity index (χ0v) is 31.3. The fourth-order valence-corrected chi connectivity index (χ4v) is 8.64. The van der Waals surface area contributed by atoms with Gasteiger partial charge in [0.2, 0.25) is 17.6 Å². The Hall–Kier alpha value is -5.41. The predicted octanol–water partition coefficient (Wildman–Crippen LogP) is 3.11. The minimum Gasteiger partial charge on any atom is -0.508 e. The van der Waals surface area contributed by atoms with Crippen LogP contribution in [0, 0.1) is 5.41 Å². The Bertz CT molecular complexity index is 2090. The number of phenolic OH excluding ortho intramolecular Hbond substituents is 1. The summed E-state index contributed by atoms with van der Waals surface area (Å²) >= 11 is 0. The van der Waals surface area contributed by atoms with E-state index in [4.69, 9.17) is 19.0 Å². The Labute approximate surface area is 329 Å². The fourth-order valence-electron chi connectivity index (χ4n) is 8.64. The van der Waals surface area contributed by atoms with Crippen LogP contribution >= 0.6 is 0 Å². The van der Waals surface area contributed by atoms with Gasteiger partial charge in [-0.2, -0.15) is 5.06 Å². The van der Waals surface area contributed by atoms with Crippen LogP contribution in [0.1, 0.15) is 41.2 Å². The quantitative estimate of drug-likeness (QED) is 0.126. The van der Waals surface area contributed by atoms with Gasteiger partial charge in [-0.3, -0.25) is 19.2 Å². The van der Waals surface area contributed by atoms with Crippen LogP contribution in [0.5, 0.6) is 5.75 Å². The Morgan fingerprint density at radius 3 is 2.30 bits per heavy atom. The molecule has 4 aromatic rings. The van der Waals surface area contributed by atoms with E-state index in [1.54, 1.807) is 12.1 Å². The van der Waals surface area contributed by atoms with E-state index in [0.717, 1.165) is 16.7 Å². The number of ether oxygens (including phenoxy) is 3. The molecule has 3 aliphatic heterocycles. The number of esters is 1. The monoisotopic (exact) mass is 775 g/mol. The number of aliphatic hydroxyl groups is 2. The second-order valence-electron chi connectivity index (χ2n) is 14.9. The van der Waals surface area contributed by atoms with E-state index in [0.29, 0.717) is 17.5 Å². The zero-order chi connectivity index (χ0) is 39.7. The minimum atomic E-state index is -1.65. The van der Waals surface area contributed by atoms with Gasteiger partial charge in [0, 0.05) is 24.1 Å². The minimum absolute atomic E-state index is 0.0134. The maximum Gasteiger partial charge on any atom is 0.327 e. The van der Waals surface area contributed by atoms with Gasteiger partial charge in [0.25, 0.3) is 0 Å². The van der Waals surface area contributed by atoms with Crippen molar-refractivity contribution in [3.63, 3.8) is 0 Å². The van der Waals surface area contributed by atoms with E-state index in [1.807, 2.05) is 109 Å². The van der Waals surface area contributed by atoms with Crippen molar-refractivity contribution in [1.82, 2.24) is 15.7 Å². The highest BCUT2D eigenvalue weighted by atomic mass is 16.8. The normalized spacial score (nSPS) is 27.0. The van der Waals surface area contributed by atoms with Crippen molar-refractivity contribution in [2.75, 3.05) is 13.2 Å². The van der Waals surface area contributed by atoms with E-state index in [9.17, 15) is 29.7 Å². The molecule has 1 aliphatic carbocycles. The fraction of sp³-hybridized carbons (Fsp3) is 0.341. The van der Waals surface area contributed by atoms with Crippen LogP contribution < -0.4 is 10.6 Å². The van der Waals surface area contributed by atoms with Crippen molar-refractivity contribution < 1.29 is 48.8 Å². The number of rotatable bonds is 13. The van der Waals surface area contributed by atoms with Crippen molar-refractivity contribution in [1.29, 1.82) is 0 Å². The van der Waals surface area contributed by atoms with Crippen molar-refractivity contribution >= 4 is 23.9 Å². The first-order chi connectivity index (χ1) is 27.6. The van der Waals surface area contributed by atoms with Gasteiger partial charge in [-0.25, -0.2) is 0 Å². The third-order valence-corrected chi connectivity index (χ3v) is 11.3. The maximum atomic E-state index is 14.9. The molecule has 5 N–H and O–H groups in total. The van der Waals surface area contributed by atoms with Crippen molar-refractivity contribution in [3.05, 3.63) is 143 Å². The van der Waals surface area contributed by atoms with E-state index < -0.39 is 71.6 Å². The number of fused-ring (bicyclic) bond motifs is 4. The molecule has 1 saturated carbocycles. The molecule has 4 aliphatic rings. The summed E-state index contributed by atoms with van der Waals surface area (Å²) < 4.78 is 20.1. The van der Waals surface area contributed by atoms with E-state index in [2.05, 4.69) is 10.6 Å². The van der Waals surface area contributed by atoms with Gasteiger partial charge in [0.1, 0.15) is 41.6 Å². The van der Waals surface area contributed by atoms with Gasteiger partial charge in [-0.15, -0.1) is 0 Å². The molecule has 2 bridgehead atoms. The van der Waals surface area contributed by atoms with Crippen molar-refractivity contribution in [3.8, 4) is 5.75 Å². The third kappa shape index (κ3) is 7.00. The molecule has 2 amide bonds. The number of nitrogens with one attached hydrogen (secondary N) is 2. The number of hydroxylamine groups is 2. The highest BCUT2D eigenvalue weighted by Crippen LogP contribution is 2.59. The van der Waals surface area contributed by atoms with Crippen LogP contribution in [0.2, 0.25) is 0 Å². The number of nitrogens with zero attached hydrogens (tertiary/aromatic N) is 1. The molecule has 0 spiro atoms. The van der Waals surface area contributed by atoms with Gasteiger partial charge in [0.15, 0.2) is 6.04 Å². The highest BCUT2D eigenvalue weighted by Gasteiger charge is 2.76. The SMILES string of the molecule is C[C@H](O)[C@@H](NC(=O)[C@@]12C[C@H]3OC(=O)[C@@H]1N(Cc1cccc(C=CCc4ccccc4O)c1)O[C@@H]2[C@H]1OC(c2ccccc2)(c2ccccc2)O[C@H]13)C(=O)NCCO. The Balaban J connectivity index is 1.16. The lowest BCUT2D eigenvalue weighted by Gasteiger charge is -2.49. The molecule has 0 unspecified atom stereocenters. The van der Waals surface area contributed by atoms with Crippen LogP contribution in [0.15, 0.2) is 115 Å². The number of carbonyl (C=O) groups is 3. The van der Waals surface area contributed by atoms with Gasteiger partial charge in [0.05, 0.1) is 19.3 Å². The Morgan fingerprint density at radius 1 is 0.930 bits per heavy atom. The molecule has 4 fully saturated rings. The summed E-state index contributed by atoms with van der Waals surface area (Å²) in [5, 5.41) is 36.9. The van der Waals surface area contributed by atoms with Crippen LogP contribution in [-0.4, -0.2) is 93.9 Å². The summed E-state index contributed by atoms with van der Waals surface area (Å²) in [4.78, 5) is 49.2.